The first-order valence-electron chi connectivity index (χ1n) is 7.98. The van der Waals surface area contributed by atoms with Gasteiger partial charge >= 0.3 is 0 Å². The third-order valence-electron chi connectivity index (χ3n) is 5.05. The average Bonchev–Trinajstić information content (AvgIpc) is 2.99. The molecule has 0 atom stereocenters. The molecule has 0 amide bonds. The molecule has 6 rings (SSSR count). The zero-order valence-electron chi connectivity index (χ0n) is 12.6. The lowest BCUT2D eigenvalue weighted by atomic mass is 9.92. The van der Waals surface area contributed by atoms with Gasteiger partial charge in [-0.2, -0.15) is 0 Å². The van der Waals surface area contributed by atoms with Crippen LogP contribution in [-0.2, 0) is 0 Å². The van der Waals surface area contributed by atoms with Crippen molar-refractivity contribution in [1.82, 2.24) is 0 Å². The van der Waals surface area contributed by atoms with Crippen molar-refractivity contribution < 1.29 is 8.81 Å². The van der Waals surface area contributed by atoms with Gasteiger partial charge < -0.3 is 4.42 Å². The number of halogens is 1. The van der Waals surface area contributed by atoms with Crippen LogP contribution in [0.4, 0.5) is 4.39 Å². The van der Waals surface area contributed by atoms with Crippen LogP contribution in [0.5, 0.6) is 0 Å². The predicted molar refractivity (Wildman–Crippen MR) is 97.4 cm³/mol. The molecule has 0 N–H and O–H groups in total. The van der Waals surface area contributed by atoms with Gasteiger partial charge in [0.15, 0.2) is 0 Å². The van der Waals surface area contributed by atoms with Crippen LogP contribution < -0.4 is 0 Å². The minimum Gasteiger partial charge on any atom is -0.455 e. The highest BCUT2D eigenvalue weighted by atomic mass is 19.1. The van der Waals surface area contributed by atoms with E-state index in [9.17, 15) is 4.39 Å². The van der Waals surface area contributed by atoms with Gasteiger partial charge in [-0.1, -0.05) is 42.5 Å². The minimum atomic E-state index is -0.182. The Morgan fingerprint density at radius 2 is 1.50 bits per heavy atom. The summed E-state index contributed by atoms with van der Waals surface area (Å²) in [5, 5.41) is 7.74. The lowest BCUT2D eigenvalue weighted by Crippen LogP contribution is -1.87. The highest BCUT2D eigenvalue weighted by molar-refractivity contribution is 6.30. The van der Waals surface area contributed by atoms with Crippen molar-refractivity contribution in [3.05, 3.63) is 72.5 Å². The van der Waals surface area contributed by atoms with Gasteiger partial charge in [-0.15, -0.1) is 0 Å². The summed E-state index contributed by atoms with van der Waals surface area (Å²) in [6.07, 6.45) is 0. The van der Waals surface area contributed by atoms with Crippen LogP contribution in [0.2, 0.25) is 0 Å². The summed E-state index contributed by atoms with van der Waals surface area (Å²) in [6.45, 7) is 0. The molecule has 0 bridgehead atoms. The summed E-state index contributed by atoms with van der Waals surface area (Å²) < 4.78 is 21.0. The maximum absolute atomic E-state index is 14.8. The third-order valence-corrected chi connectivity index (χ3v) is 5.05. The molecular formula is C22H11FO. The lowest BCUT2D eigenvalue weighted by molar-refractivity contribution is 0.641. The van der Waals surface area contributed by atoms with Crippen molar-refractivity contribution in [2.75, 3.05) is 0 Å². The van der Waals surface area contributed by atoms with Crippen LogP contribution in [0.1, 0.15) is 0 Å². The second-order valence-corrected chi connectivity index (χ2v) is 6.32. The Balaban J connectivity index is 2.03. The van der Waals surface area contributed by atoms with Gasteiger partial charge in [0.25, 0.3) is 0 Å². The minimum absolute atomic E-state index is 0.182. The molecule has 2 heteroatoms. The zero-order chi connectivity index (χ0) is 15.8. The molecule has 0 aliphatic heterocycles. The predicted octanol–water partition coefficient (Wildman–Crippen LogP) is 6.62. The van der Waals surface area contributed by atoms with E-state index in [1.54, 1.807) is 6.07 Å². The molecule has 24 heavy (non-hydrogen) atoms. The van der Waals surface area contributed by atoms with E-state index in [-0.39, 0.29) is 5.82 Å². The van der Waals surface area contributed by atoms with Gasteiger partial charge in [0.2, 0.25) is 0 Å². The lowest BCUT2D eigenvalue weighted by Gasteiger charge is -2.11. The Morgan fingerprint density at radius 1 is 0.625 bits per heavy atom. The second kappa shape index (κ2) is 4.04. The smallest absolute Gasteiger partial charge is 0.143 e. The van der Waals surface area contributed by atoms with Crippen molar-refractivity contribution in [3.8, 4) is 0 Å². The summed E-state index contributed by atoms with van der Waals surface area (Å²) in [4.78, 5) is 0. The maximum Gasteiger partial charge on any atom is 0.143 e. The van der Waals surface area contributed by atoms with Crippen LogP contribution in [0.3, 0.4) is 0 Å². The molecule has 5 aromatic carbocycles. The molecule has 0 unspecified atom stereocenters. The van der Waals surface area contributed by atoms with E-state index < -0.39 is 0 Å². The van der Waals surface area contributed by atoms with Gasteiger partial charge in [0, 0.05) is 26.9 Å². The van der Waals surface area contributed by atoms with Crippen LogP contribution >= 0.6 is 0 Å². The van der Waals surface area contributed by atoms with Crippen LogP contribution in [0, 0.1) is 5.82 Å². The Hall–Kier alpha value is -3.13. The largest absolute Gasteiger partial charge is 0.455 e. The number of rotatable bonds is 0. The van der Waals surface area contributed by atoms with Crippen LogP contribution in [0.15, 0.2) is 71.1 Å². The van der Waals surface area contributed by atoms with Crippen molar-refractivity contribution in [2.45, 2.75) is 0 Å². The van der Waals surface area contributed by atoms with E-state index in [0.29, 0.717) is 5.39 Å². The molecule has 0 saturated heterocycles. The first-order valence-corrected chi connectivity index (χ1v) is 7.98. The van der Waals surface area contributed by atoms with Gasteiger partial charge in [0.05, 0.1) is 0 Å². The van der Waals surface area contributed by atoms with Crippen molar-refractivity contribution in [2.24, 2.45) is 0 Å². The normalized spacial score (nSPS) is 12.4. The molecule has 0 aliphatic rings. The number of para-hydroxylation sites is 1. The van der Waals surface area contributed by atoms with Crippen molar-refractivity contribution in [3.63, 3.8) is 0 Å². The SMILES string of the molecule is Fc1cc2cccc3ccc4c5oc6ccccc6c5cc1c4c32. The van der Waals surface area contributed by atoms with Crippen LogP contribution in [-0.4, -0.2) is 0 Å². The fraction of sp³-hybridized carbons (Fsp3) is 0. The first kappa shape index (κ1) is 12.3. The molecule has 1 aromatic heterocycles. The van der Waals surface area contributed by atoms with E-state index in [0.717, 1.165) is 48.9 Å². The topological polar surface area (TPSA) is 13.1 Å². The van der Waals surface area contributed by atoms with Gasteiger partial charge in [-0.05, 0) is 40.4 Å². The summed E-state index contributed by atoms with van der Waals surface area (Å²) in [6, 6.07) is 21.6. The standard InChI is InChI=1S/C22H11FO/c23-18-10-13-5-3-4-12-8-9-15-21(20(12)13)17(18)11-16-14-6-1-2-7-19(14)24-22(15)16/h1-11H. The summed E-state index contributed by atoms with van der Waals surface area (Å²) in [7, 11) is 0. The summed E-state index contributed by atoms with van der Waals surface area (Å²) in [5.74, 6) is -0.182. The van der Waals surface area contributed by atoms with Gasteiger partial charge in [-0.3, -0.25) is 0 Å². The van der Waals surface area contributed by atoms with Gasteiger partial charge in [0.1, 0.15) is 17.0 Å². The van der Waals surface area contributed by atoms with Gasteiger partial charge in [-0.25, -0.2) is 4.39 Å². The molecule has 0 spiro atoms. The maximum atomic E-state index is 14.8. The first-order chi connectivity index (χ1) is 11.8. The fourth-order valence-corrected chi connectivity index (χ4v) is 4.02. The van der Waals surface area contributed by atoms with E-state index >= 15 is 0 Å². The molecule has 1 nitrogen and oxygen atoms in total. The van der Waals surface area contributed by atoms with E-state index in [2.05, 4.69) is 12.1 Å². The molecule has 0 fully saturated rings. The Morgan fingerprint density at radius 3 is 2.46 bits per heavy atom. The Labute approximate surface area is 136 Å². The second-order valence-electron chi connectivity index (χ2n) is 6.32. The number of furan rings is 1. The van der Waals surface area contributed by atoms with E-state index in [1.807, 2.05) is 48.5 Å². The number of fused-ring (bicyclic) bond motifs is 4. The van der Waals surface area contributed by atoms with E-state index in [1.165, 1.54) is 0 Å². The third kappa shape index (κ3) is 1.35. The Bertz CT molecular complexity index is 1410. The fourth-order valence-electron chi connectivity index (χ4n) is 4.02. The molecule has 1 heterocycles. The monoisotopic (exact) mass is 310 g/mol. The number of benzene rings is 5. The molecular weight excluding hydrogens is 299 g/mol. The highest BCUT2D eigenvalue weighted by Gasteiger charge is 2.17. The zero-order valence-corrected chi connectivity index (χ0v) is 12.6. The summed E-state index contributed by atoms with van der Waals surface area (Å²) in [5.41, 5.74) is 1.67. The Kier molecular flexibility index (Phi) is 2.07. The molecule has 112 valence electrons. The molecule has 6 aromatic rings. The molecule has 0 saturated carbocycles. The van der Waals surface area contributed by atoms with Crippen LogP contribution in [0.25, 0.3) is 54.3 Å². The van der Waals surface area contributed by atoms with Crippen molar-refractivity contribution in [1.29, 1.82) is 0 Å². The van der Waals surface area contributed by atoms with E-state index in [4.69, 9.17) is 4.42 Å². The van der Waals surface area contributed by atoms with Crippen molar-refractivity contribution >= 4 is 54.3 Å². The molecule has 0 aliphatic carbocycles. The average molecular weight is 310 g/mol. The number of hydrogen-bond acceptors (Lipinski definition) is 1. The summed E-state index contributed by atoms with van der Waals surface area (Å²) >= 11 is 0. The highest BCUT2D eigenvalue weighted by Crippen LogP contribution is 2.42. The molecule has 0 radical (unpaired) electrons. The number of hydrogen-bond donors (Lipinski definition) is 0. The quantitative estimate of drug-likeness (QED) is 0.287.